The fraction of sp³-hybridized carbons (Fsp3) is 0.0500. The van der Waals surface area contributed by atoms with Gasteiger partial charge in [0, 0.05) is 18.0 Å². The number of carbonyl (C=O) groups is 2. The summed E-state index contributed by atoms with van der Waals surface area (Å²) in [5, 5.41) is 2.36. The molecule has 0 saturated carbocycles. The first-order valence-electron chi connectivity index (χ1n) is 8.46. The van der Waals surface area contributed by atoms with E-state index in [9.17, 15) is 31.5 Å². The molecule has 2 aromatic carbocycles. The molecule has 160 valence electrons. The summed E-state index contributed by atoms with van der Waals surface area (Å²) in [5.41, 5.74) is 3.50. The van der Waals surface area contributed by atoms with Crippen LogP contribution in [-0.4, -0.2) is 16.8 Å². The number of alkyl halides is 3. The van der Waals surface area contributed by atoms with Gasteiger partial charge in [-0.2, -0.15) is 13.2 Å². The van der Waals surface area contributed by atoms with E-state index >= 15 is 0 Å². The predicted molar refractivity (Wildman–Crippen MR) is 98.6 cm³/mol. The second-order valence-electron chi connectivity index (χ2n) is 6.13. The maximum Gasteiger partial charge on any atom is 0.416 e. The highest BCUT2D eigenvalue weighted by Crippen LogP contribution is 2.36. The molecule has 0 atom stereocenters. The second-order valence-corrected chi connectivity index (χ2v) is 6.13. The number of hydrogen-bond donors (Lipinski definition) is 2. The van der Waals surface area contributed by atoms with Crippen LogP contribution in [-0.2, 0) is 6.18 Å². The van der Waals surface area contributed by atoms with Gasteiger partial charge in [0.2, 0.25) is 0 Å². The largest absolute Gasteiger partial charge is 0.453 e. The van der Waals surface area contributed by atoms with Crippen LogP contribution >= 0.6 is 0 Å². The van der Waals surface area contributed by atoms with Gasteiger partial charge in [-0.25, -0.2) is 8.78 Å². The van der Waals surface area contributed by atoms with Crippen LogP contribution in [0.1, 0.15) is 26.4 Å². The molecule has 0 unspecified atom stereocenters. The highest BCUT2D eigenvalue weighted by Gasteiger charge is 2.32. The van der Waals surface area contributed by atoms with Crippen molar-refractivity contribution in [2.45, 2.75) is 6.18 Å². The molecule has 0 radical (unpaired) electrons. The normalized spacial score (nSPS) is 11.1. The fourth-order valence-corrected chi connectivity index (χ4v) is 2.49. The molecule has 3 aromatic rings. The van der Waals surface area contributed by atoms with Crippen LogP contribution in [0, 0.1) is 11.6 Å². The van der Waals surface area contributed by atoms with Crippen molar-refractivity contribution in [1.82, 2.24) is 4.98 Å². The standard InChI is InChI=1S/C20H12F5N3O3/c21-11-2-4-16(14(22)8-11)31-17-7-10(20(23,24)25)1-3-13(17)19(30)28-12-5-6-27-15(9-12)18(26)29/h1-9H,(H2,26,29)(H,27,28,30). The van der Waals surface area contributed by atoms with E-state index in [4.69, 9.17) is 10.5 Å². The van der Waals surface area contributed by atoms with Crippen molar-refractivity contribution >= 4 is 17.5 Å². The molecule has 0 aliphatic rings. The van der Waals surface area contributed by atoms with E-state index in [1.807, 2.05) is 0 Å². The Bertz CT molecular complexity index is 1170. The number of rotatable bonds is 5. The smallest absolute Gasteiger partial charge is 0.416 e. The summed E-state index contributed by atoms with van der Waals surface area (Å²) >= 11 is 0. The fourth-order valence-electron chi connectivity index (χ4n) is 2.49. The summed E-state index contributed by atoms with van der Waals surface area (Å²) in [4.78, 5) is 27.6. The molecule has 3 rings (SSSR count). The lowest BCUT2D eigenvalue weighted by Gasteiger charge is -2.15. The Morgan fingerprint density at radius 2 is 1.71 bits per heavy atom. The van der Waals surface area contributed by atoms with Crippen LogP contribution in [0.15, 0.2) is 54.7 Å². The van der Waals surface area contributed by atoms with Gasteiger partial charge < -0.3 is 15.8 Å². The molecule has 3 N–H and O–H groups in total. The topological polar surface area (TPSA) is 94.3 Å². The highest BCUT2D eigenvalue weighted by molar-refractivity contribution is 6.06. The van der Waals surface area contributed by atoms with E-state index < -0.39 is 46.7 Å². The number of primary amides is 1. The van der Waals surface area contributed by atoms with Gasteiger partial charge in [-0.1, -0.05) is 0 Å². The number of anilines is 1. The van der Waals surface area contributed by atoms with Gasteiger partial charge in [-0.3, -0.25) is 14.6 Å². The molecule has 1 heterocycles. The molecule has 0 fully saturated rings. The highest BCUT2D eigenvalue weighted by atomic mass is 19.4. The van der Waals surface area contributed by atoms with Crippen LogP contribution in [0.25, 0.3) is 0 Å². The third-order valence-corrected chi connectivity index (χ3v) is 3.94. The summed E-state index contributed by atoms with van der Waals surface area (Å²) in [5.74, 6) is -5.09. The number of carbonyl (C=O) groups excluding carboxylic acids is 2. The zero-order chi connectivity index (χ0) is 22.8. The van der Waals surface area contributed by atoms with E-state index in [2.05, 4.69) is 10.3 Å². The minimum atomic E-state index is -4.77. The first-order valence-corrected chi connectivity index (χ1v) is 8.46. The third-order valence-electron chi connectivity index (χ3n) is 3.94. The molecule has 31 heavy (non-hydrogen) atoms. The van der Waals surface area contributed by atoms with Crippen molar-refractivity contribution in [3.8, 4) is 11.5 Å². The molecule has 0 spiro atoms. The minimum absolute atomic E-state index is 0.0765. The van der Waals surface area contributed by atoms with Crippen molar-refractivity contribution in [2.75, 3.05) is 5.32 Å². The van der Waals surface area contributed by atoms with Gasteiger partial charge >= 0.3 is 6.18 Å². The first kappa shape index (κ1) is 21.7. The number of hydrogen-bond acceptors (Lipinski definition) is 4. The lowest BCUT2D eigenvalue weighted by Crippen LogP contribution is -2.16. The Kier molecular flexibility index (Phi) is 5.86. The van der Waals surface area contributed by atoms with Crippen molar-refractivity contribution in [2.24, 2.45) is 5.73 Å². The number of halogens is 5. The number of aromatic nitrogens is 1. The summed E-state index contributed by atoms with van der Waals surface area (Å²) in [6.07, 6.45) is -3.58. The maximum absolute atomic E-state index is 13.9. The molecule has 0 saturated heterocycles. The van der Waals surface area contributed by atoms with E-state index in [0.717, 1.165) is 24.3 Å². The van der Waals surface area contributed by atoms with Gasteiger partial charge in [-0.15, -0.1) is 0 Å². The number of benzene rings is 2. The molecule has 2 amide bonds. The zero-order valence-corrected chi connectivity index (χ0v) is 15.3. The summed E-state index contributed by atoms with van der Waals surface area (Å²) < 4.78 is 71.5. The van der Waals surface area contributed by atoms with Crippen LogP contribution in [0.2, 0.25) is 0 Å². The quantitative estimate of drug-likeness (QED) is 0.574. The van der Waals surface area contributed by atoms with Crippen molar-refractivity contribution in [3.05, 3.63) is 83.2 Å². The monoisotopic (exact) mass is 437 g/mol. The lowest BCUT2D eigenvalue weighted by atomic mass is 10.1. The van der Waals surface area contributed by atoms with Crippen LogP contribution < -0.4 is 15.8 Å². The molecular weight excluding hydrogens is 425 g/mol. The SMILES string of the molecule is NC(=O)c1cc(NC(=O)c2ccc(C(F)(F)F)cc2Oc2ccc(F)cc2F)ccn1. The van der Waals surface area contributed by atoms with Crippen molar-refractivity contribution in [3.63, 3.8) is 0 Å². The Morgan fingerprint density at radius 1 is 0.968 bits per heavy atom. The number of amides is 2. The molecule has 0 aliphatic carbocycles. The molecule has 11 heteroatoms. The maximum atomic E-state index is 13.9. The van der Waals surface area contributed by atoms with Crippen molar-refractivity contribution in [1.29, 1.82) is 0 Å². The molecular formula is C20H12F5N3O3. The van der Waals surface area contributed by atoms with Crippen molar-refractivity contribution < 1.29 is 36.3 Å². The van der Waals surface area contributed by atoms with Gasteiger partial charge in [0.05, 0.1) is 11.1 Å². The number of pyridine rings is 1. The second kappa shape index (κ2) is 8.38. The summed E-state index contributed by atoms with van der Waals surface area (Å²) in [6.45, 7) is 0. The predicted octanol–water partition coefficient (Wildman–Crippen LogP) is 4.52. The average Bonchev–Trinajstić information content (AvgIpc) is 2.69. The van der Waals surface area contributed by atoms with E-state index in [1.54, 1.807) is 0 Å². The first-order chi connectivity index (χ1) is 14.5. The van der Waals surface area contributed by atoms with Crippen LogP contribution in [0.5, 0.6) is 11.5 Å². The van der Waals surface area contributed by atoms with Gasteiger partial charge in [0.1, 0.15) is 17.3 Å². The lowest BCUT2D eigenvalue weighted by molar-refractivity contribution is -0.137. The zero-order valence-electron chi connectivity index (χ0n) is 15.3. The Morgan fingerprint density at radius 3 is 2.35 bits per heavy atom. The van der Waals surface area contributed by atoms with E-state index in [-0.39, 0.29) is 16.9 Å². The molecule has 6 nitrogen and oxygen atoms in total. The summed E-state index contributed by atoms with van der Waals surface area (Å²) in [7, 11) is 0. The Balaban J connectivity index is 1.99. The molecule has 1 aromatic heterocycles. The number of ether oxygens (including phenoxy) is 1. The van der Waals surface area contributed by atoms with Crippen LogP contribution in [0.4, 0.5) is 27.6 Å². The van der Waals surface area contributed by atoms with E-state index in [0.29, 0.717) is 18.2 Å². The Labute approximate surface area is 171 Å². The third kappa shape index (κ3) is 5.13. The van der Waals surface area contributed by atoms with Gasteiger partial charge in [0.15, 0.2) is 11.6 Å². The van der Waals surface area contributed by atoms with Gasteiger partial charge in [0.25, 0.3) is 11.8 Å². The average molecular weight is 437 g/mol. The number of nitrogens with two attached hydrogens (primary N) is 1. The van der Waals surface area contributed by atoms with Crippen LogP contribution in [0.3, 0.4) is 0 Å². The number of nitrogens with zero attached hydrogens (tertiary/aromatic N) is 1. The Hall–Kier alpha value is -4.02. The van der Waals surface area contributed by atoms with Gasteiger partial charge in [-0.05, 0) is 42.5 Å². The molecule has 0 aliphatic heterocycles. The summed E-state index contributed by atoms with van der Waals surface area (Å²) in [6, 6.07) is 6.65. The minimum Gasteiger partial charge on any atom is -0.453 e. The number of nitrogens with one attached hydrogen (secondary N) is 1. The molecule has 0 bridgehead atoms. The van der Waals surface area contributed by atoms with E-state index in [1.165, 1.54) is 12.3 Å².